The number of rotatable bonds is 35. The first-order chi connectivity index (χ1) is 62.5. The quantitative estimate of drug-likeness (QED) is 0.0125. The number of hydrogen-bond acceptors (Lipinski definition) is 17. The Hall–Kier alpha value is -13.3. The van der Waals surface area contributed by atoms with Crippen molar-refractivity contribution in [2.75, 3.05) is 32.8 Å². The van der Waals surface area contributed by atoms with Crippen LogP contribution in [0.1, 0.15) is 257 Å². The summed E-state index contributed by atoms with van der Waals surface area (Å²) in [6, 6.07) is 8.07. The Morgan fingerprint density at radius 1 is 0.431 bits per heavy atom. The summed E-state index contributed by atoms with van der Waals surface area (Å²) in [7, 11) is 0. The van der Waals surface area contributed by atoms with E-state index >= 15 is 0 Å². The number of aliphatic carboxylic acids is 2. The largest absolute Gasteiger partial charge is 0.553 e. The summed E-state index contributed by atoms with van der Waals surface area (Å²) in [4.78, 5) is 144. The molecule has 0 aliphatic carbocycles. The Morgan fingerprint density at radius 3 is 1.45 bits per heavy atom. The van der Waals surface area contributed by atoms with Crippen LogP contribution in [0.5, 0.6) is 0 Å². The second-order valence-corrected chi connectivity index (χ2v) is 34.0. The predicted molar refractivity (Wildman–Crippen MR) is 484 cm³/mol. The lowest BCUT2D eigenvalue weighted by molar-refractivity contribution is -0.837. The van der Waals surface area contributed by atoms with E-state index in [1.54, 1.807) is 0 Å². The predicted octanol–water partition coefficient (Wildman–Crippen LogP) is 9.50. The standard InChI is InChI=1S/C53H62N6O5S.C43H49N5O5.4CO2/c1-8-11-13-37-31(4)41-26-46-38(14-12-9-2)32(5)44-28-48-40(20-22-52(63)64-10-3)34(7)45-29-47-39(33(6)43(27-42(37)56-41)57(47)53(58(44)46)59(45)48)19-21-49(60)54-24-23-35-15-17-36(18-16-35)25-50(65)55-30-51(61)62;1-8-11-13-28-24(4)32-19-36-29(14-12-9-2)25(5)33-21-39-31(16-18-42(52)53-10-3)27(7)35-22-38-30(15-17-40(49)44-23-41(50)51)26(6)34-20-37(28)45(32)43(46(33)36,47(34)38)48(35)39;4*2-1-3/h15-18,26-29,53H,8-14,19-25,30H2,1-7H3,(H2-,54,55,60,61,62,65);19-22H,8-18,23H2,1-7H3;;;;/p+4. The van der Waals surface area contributed by atoms with Gasteiger partial charge in [-0.1, -0.05) is 99.0 Å². The topological polar surface area (TPSA) is 377 Å². The number of carboxylic acids is 2. The van der Waals surface area contributed by atoms with Crippen LogP contribution in [0.25, 0.3) is 36.5 Å². The first-order valence-corrected chi connectivity index (χ1v) is 45.2. The fourth-order valence-electron chi connectivity index (χ4n) is 20.1. The molecular weight excluding hydrogens is 1680 g/mol. The molecule has 2 bridgehead atoms. The molecule has 2 atom stereocenters. The number of fused-ring (bicyclic) bond motifs is 2. The van der Waals surface area contributed by atoms with E-state index in [4.69, 9.17) is 65.2 Å². The van der Waals surface area contributed by atoms with Gasteiger partial charge in [0, 0.05) is 118 Å². The van der Waals surface area contributed by atoms with Gasteiger partial charge in [0.1, 0.15) is 13.1 Å². The van der Waals surface area contributed by atoms with Gasteiger partial charge in [0.25, 0.3) is 0 Å². The number of aromatic nitrogens is 4. The van der Waals surface area contributed by atoms with E-state index in [0.29, 0.717) is 82.5 Å². The van der Waals surface area contributed by atoms with Crippen molar-refractivity contribution in [1.29, 1.82) is 0 Å². The Labute approximate surface area is 759 Å². The molecule has 4 aromatic heterocycles. The van der Waals surface area contributed by atoms with Crippen LogP contribution in [0.3, 0.4) is 0 Å². The van der Waals surface area contributed by atoms with Crippen LogP contribution in [0.4, 0.5) is 0 Å². The summed E-state index contributed by atoms with van der Waals surface area (Å²) in [5, 5.41) is 31.2. The van der Waals surface area contributed by atoms with Crippen LogP contribution in [0.15, 0.2) is 104 Å². The van der Waals surface area contributed by atoms with E-state index < -0.39 is 24.4 Å². The lowest BCUT2D eigenvalue weighted by Gasteiger charge is -2.38. The van der Waals surface area contributed by atoms with Gasteiger partial charge in [-0.3, -0.25) is 28.8 Å². The van der Waals surface area contributed by atoms with Crippen LogP contribution in [0, 0.1) is 27.7 Å². The zero-order chi connectivity index (χ0) is 94.4. The van der Waals surface area contributed by atoms with E-state index in [1.807, 2.05) is 38.1 Å². The summed E-state index contributed by atoms with van der Waals surface area (Å²) in [5.74, 6) is -3.48. The maximum Gasteiger partial charge on any atom is 0.553 e. The summed E-state index contributed by atoms with van der Waals surface area (Å²) in [6.45, 7) is 31.3. The molecule has 16 rings (SSSR count). The monoisotopic (exact) mass is 1790 g/mol. The first kappa shape index (κ1) is 97.3. The molecule has 680 valence electrons. The lowest BCUT2D eigenvalue weighted by Crippen LogP contribution is -2.70. The number of aromatic amines is 1. The maximum absolute atomic E-state index is 13.7. The number of nitrogens with one attached hydrogen (secondary N) is 4. The van der Waals surface area contributed by atoms with E-state index in [0.717, 1.165) is 166 Å². The lowest BCUT2D eigenvalue weighted by atomic mass is 9.96. The van der Waals surface area contributed by atoms with Gasteiger partial charge in [-0.05, 0) is 220 Å². The Kier molecular flexibility index (Phi) is 32.0. The van der Waals surface area contributed by atoms with E-state index in [2.05, 4.69) is 185 Å². The highest BCUT2D eigenvalue weighted by Crippen LogP contribution is 2.53. The number of carbonyl (C=O) groups is 6. The second kappa shape index (κ2) is 42.7. The number of ether oxygens (including phenoxy) is 2. The number of esters is 2. The average Bonchev–Trinajstić information content (AvgIpc) is 1.46. The number of unbranched alkanes of at least 4 members (excludes halogenated alkanes) is 4. The van der Waals surface area contributed by atoms with Gasteiger partial charge < -0.3 is 40.6 Å². The van der Waals surface area contributed by atoms with Gasteiger partial charge in [0.2, 0.25) is 57.4 Å². The minimum Gasteiger partial charge on any atom is -0.480 e. The average molecular weight is 1790 g/mol. The van der Waals surface area contributed by atoms with Crippen molar-refractivity contribution in [3.8, 4) is 0 Å². The summed E-state index contributed by atoms with van der Waals surface area (Å²) < 4.78 is 28.7. The normalized spacial score (nSPS) is 16.5. The van der Waals surface area contributed by atoms with Crippen LogP contribution < -0.4 is 37.3 Å². The highest BCUT2D eigenvalue weighted by Gasteiger charge is 2.73. The number of nitrogens with zero attached hydrogens (tertiary/aromatic N) is 7. The molecule has 11 aliphatic heterocycles. The van der Waals surface area contributed by atoms with Crippen molar-refractivity contribution in [3.63, 3.8) is 0 Å². The minimum absolute atomic E-state index is 0.0118. The summed E-state index contributed by atoms with van der Waals surface area (Å²) in [6.07, 6.45) is 37.0. The molecule has 6 N–H and O–H groups in total. The van der Waals surface area contributed by atoms with Crippen LogP contribution in [-0.2, 0) is 121 Å². The number of carboxylic acid groups (broad SMARTS) is 2. The van der Waals surface area contributed by atoms with Gasteiger partial charge in [0.15, 0.2) is 0 Å². The molecule has 30 heteroatoms. The fraction of sp³-hybridized carbons (Fsp3) is 0.430. The Bertz CT molecular complexity index is 6340. The molecule has 0 fully saturated rings. The maximum atomic E-state index is 13.7. The number of allylic oxidation sites excluding steroid dienone is 10. The molecule has 2 amide bonds. The number of thiocarbonyl (C=S) groups is 1. The van der Waals surface area contributed by atoms with Gasteiger partial charge in [0.05, 0.1) is 63.8 Å². The highest BCUT2D eigenvalue weighted by atomic mass is 32.1. The molecule has 15 heterocycles. The molecule has 29 nitrogen and oxygen atoms in total. The van der Waals surface area contributed by atoms with Gasteiger partial charge in [-0.2, -0.15) is 47.5 Å². The SMILES string of the molecule is CCCCC1=C(C)C2=[N+]3C1=Cc1c(C)c(CCC(=O)NCC(=O)O)c4n1C31n3c(c(C)c(CCC(=O)OCC)c3=CC3=[N+]1C(=C2)C(CCCC)=C3C)=C4.CCCCc1c(C)c2n3c1C=c1[nH]c(c(CCCC)c1C)=CC1=[N+]4C(=CC5=[N+](C(=C2)C(CCC(=O)OCC)=C5C)C34)C(CCC(=O)NCCc2ccc(CC(=S)NCC(=O)O)cc2)=C1C.O=C=O.O=C=O.O=C=O.O=C=O. The zero-order valence-electron chi connectivity index (χ0n) is 76.6. The number of amides is 2. The second-order valence-electron chi connectivity index (χ2n) is 33.5. The van der Waals surface area contributed by atoms with Crippen LogP contribution >= 0.6 is 12.2 Å². The highest BCUT2D eigenvalue weighted by molar-refractivity contribution is 7.80. The van der Waals surface area contributed by atoms with E-state index in [9.17, 15) is 33.9 Å². The molecule has 0 saturated heterocycles. The van der Waals surface area contributed by atoms with Crippen molar-refractivity contribution in [2.24, 2.45) is 0 Å². The first-order valence-electron chi connectivity index (χ1n) is 44.8. The third-order valence-electron chi connectivity index (χ3n) is 26.1. The van der Waals surface area contributed by atoms with Crippen LogP contribution in [-0.4, -0.2) is 168 Å². The number of hydrogen-bond donors (Lipinski definition) is 6. The van der Waals surface area contributed by atoms with Gasteiger partial charge >= 0.3 is 60.7 Å². The third-order valence-corrected chi connectivity index (χ3v) is 26.4. The van der Waals surface area contributed by atoms with Gasteiger partial charge in [-0.25, -0.2) is 4.57 Å². The summed E-state index contributed by atoms with van der Waals surface area (Å²) >= 11 is 5.30. The molecule has 1 spiro atoms. The molecule has 2 unspecified atom stereocenters. The molecule has 1 aromatic carbocycles. The van der Waals surface area contributed by atoms with Gasteiger partial charge in [-0.15, -0.1) is 9.15 Å². The van der Waals surface area contributed by atoms with E-state index in [1.165, 1.54) is 101 Å². The van der Waals surface area contributed by atoms with Crippen molar-refractivity contribution in [1.82, 2.24) is 34.6 Å². The van der Waals surface area contributed by atoms with E-state index in [-0.39, 0.29) is 67.6 Å². The fourth-order valence-corrected chi connectivity index (χ4v) is 20.3. The smallest absolute Gasteiger partial charge is 0.480 e. The molecular formula is C100H115N11O18S+4. The molecule has 0 radical (unpaired) electrons. The third kappa shape index (κ3) is 18.5. The van der Waals surface area contributed by atoms with Crippen LogP contribution in [0.2, 0.25) is 0 Å². The molecule has 130 heavy (non-hydrogen) atoms. The minimum atomic E-state index is -1.06. The van der Waals surface area contributed by atoms with Crippen molar-refractivity contribution in [2.45, 2.75) is 250 Å². The van der Waals surface area contributed by atoms with Crippen molar-refractivity contribution in [3.05, 3.63) is 204 Å². The van der Waals surface area contributed by atoms with Crippen molar-refractivity contribution < 1.29 is 105 Å². The zero-order valence-corrected chi connectivity index (χ0v) is 77.4. The number of benzene rings is 1. The van der Waals surface area contributed by atoms with Crippen molar-refractivity contribution >= 4 is 137 Å². The molecule has 0 saturated carbocycles. The number of H-pyrrole nitrogens is 1. The number of carbonyl (C=O) groups excluding carboxylic acids is 12. The molecule has 5 aromatic rings. The molecule has 11 aliphatic rings. The summed E-state index contributed by atoms with van der Waals surface area (Å²) in [5.41, 5.74) is 36.2. The Balaban J connectivity index is 0.000000227. The Morgan fingerprint density at radius 2 is 0.877 bits per heavy atom.